The Labute approximate surface area is 699 Å². The van der Waals surface area contributed by atoms with Gasteiger partial charge in [-0.15, -0.1) is 0 Å². The van der Waals surface area contributed by atoms with E-state index >= 15 is 0 Å². The van der Waals surface area contributed by atoms with Gasteiger partial charge >= 0.3 is 31.7 Å². The third-order valence-electron chi connectivity index (χ3n) is 23.2. The van der Waals surface area contributed by atoms with E-state index in [4.69, 9.17) is 46.9 Å². The van der Waals surface area contributed by atoms with Crippen LogP contribution in [-0.2, 0) is 70.7 Å². The number of aliphatic hydroxyl groups is 9. The molecule has 19 unspecified atom stereocenters. The molecule has 19 atom stereocenters. The number of carbonyl (C=O) groups excluding carboxylic acids is 4. The number of phosphoric acid groups is 1. The van der Waals surface area contributed by atoms with E-state index in [2.05, 4.69) is 46.8 Å². The Balaban J connectivity index is 1.93. The molecule has 1 saturated carbocycles. The van der Waals surface area contributed by atoms with Gasteiger partial charge in [-0.1, -0.05) is 336 Å². The molecule has 2 aliphatic heterocycles. The highest BCUT2D eigenvalue weighted by Crippen LogP contribution is 2.49. The molecule has 0 aromatic heterocycles. The van der Waals surface area contributed by atoms with Crippen LogP contribution in [0.4, 0.5) is 0 Å². The Kier molecular flexibility index (Phi) is 63.5. The molecule has 682 valence electrons. The summed E-state index contributed by atoms with van der Waals surface area (Å²) in [6.45, 7) is 7.88. The molecule has 3 fully saturated rings. The van der Waals surface area contributed by atoms with Crippen LogP contribution in [0.3, 0.4) is 0 Å². The second-order valence-corrected chi connectivity index (χ2v) is 35.2. The second-order valence-electron chi connectivity index (χ2n) is 33.8. The number of phosphoric ester groups is 1. The van der Waals surface area contributed by atoms with E-state index in [0.717, 1.165) is 141 Å². The molecule has 0 radical (unpaired) electrons. The lowest BCUT2D eigenvalue weighted by Gasteiger charge is -2.50. The maximum Gasteiger partial charge on any atom is 0.472 e. The molecule has 116 heavy (non-hydrogen) atoms. The summed E-state index contributed by atoms with van der Waals surface area (Å²) in [6.07, 6.45) is 25.0. The van der Waals surface area contributed by atoms with E-state index < -0.39 is 162 Å². The van der Waals surface area contributed by atoms with Gasteiger partial charge in [-0.25, -0.2) is 4.57 Å². The van der Waals surface area contributed by atoms with Crippen LogP contribution < -0.4 is 0 Å². The molecule has 0 bridgehead atoms. The van der Waals surface area contributed by atoms with Gasteiger partial charge in [0.2, 0.25) is 0 Å². The average molecular weight is 1680 g/mol. The highest BCUT2D eigenvalue weighted by Gasteiger charge is 2.60. The van der Waals surface area contributed by atoms with E-state index in [0.29, 0.717) is 44.4 Å². The summed E-state index contributed by atoms with van der Waals surface area (Å²) in [5.74, 6) is -2.33. The van der Waals surface area contributed by atoms with Crippen molar-refractivity contribution in [3.63, 3.8) is 0 Å². The Hall–Kier alpha value is -2.79. The first-order valence-electron chi connectivity index (χ1n) is 46.8. The second kappa shape index (κ2) is 68.6. The Morgan fingerprint density at radius 2 is 0.698 bits per heavy atom. The topological polar surface area (TPSA) is 380 Å². The predicted octanol–water partition coefficient (Wildman–Crippen LogP) is 17.0. The van der Waals surface area contributed by atoms with Crippen LogP contribution in [0.1, 0.15) is 401 Å². The molecule has 0 amide bonds. The van der Waals surface area contributed by atoms with Crippen molar-refractivity contribution in [3.8, 4) is 0 Å². The maximum atomic E-state index is 14.9. The first-order chi connectivity index (χ1) is 56.1. The predicted molar refractivity (Wildman–Crippen MR) is 449 cm³/mol. The Morgan fingerprint density at radius 1 is 0.362 bits per heavy atom. The summed E-state index contributed by atoms with van der Waals surface area (Å²) in [5.41, 5.74) is 0. The minimum atomic E-state index is -5.81. The largest absolute Gasteiger partial charge is 0.472 e. The molecular weight excluding hydrogens is 1510 g/mol. The lowest BCUT2D eigenvalue weighted by atomic mass is 9.84. The van der Waals surface area contributed by atoms with Crippen LogP contribution in [0.2, 0.25) is 0 Å². The van der Waals surface area contributed by atoms with Crippen molar-refractivity contribution in [3.05, 3.63) is 12.2 Å². The highest BCUT2D eigenvalue weighted by molar-refractivity contribution is 7.47. The minimum absolute atomic E-state index is 0.0179. The standard InChI is InChI=1S/C90H167O25P/c1-6-10-14-18-22-25-28-31-32-35-38-41-44-51-57-63-75(94)109-70(66-106-73(92)61-55-49-42-39-36-33-29-26-23-19-15-11-7-2)67-108-116(104,105)115-88-86(113-89-83(102)79(98)77(96)71(65-91)110-89)82(101)81(100)85(112-76(95)64-58-52-46-45-48-54-60-69(5)59-53-47-21-17-13-9-4)87(88)114-90-84(103)80(99)78(97)72(111-90)68-107-74(93)62-56-50-43-40-37-34-30-27-24-20-16-12-8-3/h25,28,69-72,77-91,96-103H,6-24,26-27,29-68H2,1-5H3,(H,104,105)/b28-25-. The summed E-state index contributed by atoms with van der Waals surface area (Å²) in [6, 6.07) is 0. The molecule has 2 saturated heterocycles. The van der Waals surface area contributed by atoms with E-state index in [1.54, 1.807) is 0 Å². The van der Waals surface area contributed by atoms with Crippen molar-refractivity contribution in [2.75, 3.05) is 26.4 Å². The molecule has 10 N–H and O–H groups in total. The third-order valence-corrected chi connectivity index (χ3v) is 24.2. The van der Waals surface area contributed by atoms with Gasteiger partial charge in [0.05, 0.1) is 13.2 Å². The zero-order valence-electron chi connectivity index (χ0n) is 72.7. The first kappa shape index (κ1) is 107. The molecule has 0 spiro atoms. The molecule has 25 nitrogen and oxygen atoms in total. The number of allylic oxidation sites excluding steroid dienone is 2. The number of hydrogen-bond acceptors (Lipinski definition) is 24. The molecule has 3 aliphatic rings. The smallest absolute Gasteiger partial charge is 0.463 e. The summed E-state index contributed by atoms with van der Waals surface area (Å²) in [5, 5.41) is 102. The number of carbonyl (C=O) groups is 4. The zero-order valence-corrected chi connectivity index (χ0v) is 73.6. The van der Waals surface area contributed by atoms with Crippen molar-refractivity contribution >= 4 is 31.7 Å². The summed E-state index contributed by atoms with van der Waals surface area (Å²) < 4.78 is 73.4. The number of hydrogen-bond donors (Lipinski definition) is 10. The number of unbranched alkanes of at least 4 members (excludes halogenated alkanes) is 45. The molecule has 0 aromatic carbocycles. The molecule has 0 aromatic rings. The Morgan fingerprint density at radius 3 is 1.12 bits per heavy atom. The van der Waals surface area contributed by atoms with Gasteiger partial charge in [-0.05, 0) is 57.3 Å². The monoisotopic (exact) mass is 1680 g/mol. The van der Waals surface area contributed by atoms with E-state index in [-0.39, 0.29) is 25.7 Å². The fraction of sp³-hybridized carbons (Fsp3) is 0.933. The summed E-state index contributed by atoms with van der Waals surface area (Å²) >= 11 is 0. The van der Waals surface area contributed by atoms with Gasteiger partial charge < -0.3 is 88.7 Å². The van der Waals surface area contributed by atoms with Gasteiger partial charge in [-0.3, -0.25) is 28.2 Å². The third kappa shape index (κ3) is 48.9. The Bertz CT molecular complexity index is 2480. The van der Waals surface area contributed by atoms with Crippen molar-refractivity contribution in [2.45, 2.75) is 505 Å². The van der Waals surface area contributed by atoms with Gasteiger partial charge in [0.25, 0.3) is 0 Å². The molecule has 2 heterocycles. The van der Waals surface area contributed by atoms with Crippen molar-refractivity contribution < 1.29 is 122 Å². The van der Waals surface area contributed by atoms with Crippen molar-refractivity contribution in [2.24, 2.45) is 5.92 Å². The molecule has 3 rings (SSSR count). The summed E-state index contributed by atoms with van der Waals surface area (Å²) in [4.78, 5) is 66.5. The average Bonchev–Trinajstić information content (AvgIpc) is 0.754. The van der Waals surface area contributed by atoms with Crippen LogP contribution in [0.25, 0.3) is 0 Å². The van der Waals surface area contributed by atoms with Gasteiger partial charge in [0, 0.05) is 25.7 Å². The van der Waals surface area contributed by atoms with Crippen molar-refractivity contribution in [1.29, 1.82) is 0 Å². The zero-order chi connectivity index (χ0) is 84.8. The first-order valence-corrected chi connectivity index (χ1v) is 48.3. The van der Waals surface area contributed by atoms with Crippen LogP contribution >= 0.6 is 7.82 Å². The summed E-state index contributed by atoms with van der Waals surface area (Å²) in [7, 11) is -5.81. The molecule has 1 aliphatic carbocycles. The van der Waals surface area contributed by atoms with Gasteiger partial charge in [0.1, 0.15) is 92.6 Å². The normalized spacial score (nSPS) is 25.4. The highest BCUT2D eigenvalue weighted by atomic mass is 31.2. The number of esters is 4. The number of ether oxygens (including phenoxy) is 8. The van der Waals surface area contributed by atoms with Crippen LogP contribution in [-0.4, -0.2) is 205 Å². The van der Waals surface area contributed by atoms with Gasteiger partial charge in [-0.2, -0.15) is 0 Å². The lowest BCUT2D eigenvalue weighted by molar-refractivity contribution is -0.360. The van der Waals surface area contributed by atoms with Crippen molar-refractivity contribution in [1.82, 2.24) is 0 Å². The fourth-order valence-electron chi connectivity index (χ4n) is 15.6. The van der Waals surface area contributed by atoms with Gasteiger partial charge in [0.15, 0.2) is 24.8 Å². The maximum absolute atomic E-state index is 14.9. The van der Waals surface area contributed by atoms with Crippen LogP contribution in [0.15, 0.2) is 12.2 Å². The van der Waals surface area contributed by atoms with E-state index in [1.165, 1.54) is 161 Å². The quantitative estimate of drug-likeness (QED) is 0.00889. The molecule has 26 heteroatoms. The number of aliphatic hydroxyl groups excluding tert-OH is 9. The van der Waals surface area contributed by atoms with E-state index in [9.17, 15) is 74.6 Å². The lowest BCUT2D eigenvalue weighted by Crippen LogP contribution is -2.70. The SMILES string of the molecule is CCCCCC/C=C\CCCCCCCCCC(=O)OC(COC(=O)CCCCCCCCCCCCCCC)COP(=O)(O)OC1C(OC2OC(CO)C(O)C(O)C2O)C(O)C(O)C(OC(=O)CCCCCCCCC(C)CCCCCCCC)C1OC1OC(COC(=O)CCCCCCCCCCCCCCC)C(O)C(O)C1O. The fourth-order valence-corrected chi connectivity index (χ4v) is 16.6. The van der Waals surface area contributed by atoms with Crippen LogP contribution in [0.5, 0.6) is 0 Å². The van der Waals surface area contributed by atoms with Crippen LogP contribution in [0, 0.1) is 5.92 Å². The minimum Gasteiger partial charge on any atom is -0.463 e. The number of rotatable bonds is 75. The molecular formula is C90H167O25P. The van der Waals surface area contributed by atoms with E-state index in [1.807, 2.05) is 0 Å².